The molecule has 7 aromatic carbocycles. The van der Waals surface area contributed by atoms with Gasteiger partial charge in [0.05, 0.1) is 5.69 Å². The van der Waals surface area contributed by atoms with E-state index < -0.39 is 0 Å². The van der Waals surface area contributed by atoms with Crippen molar-refractivity contribution in [2.24, 2.45) is 0 Å². The van der Waals surface area contributed by atoms with Crippen LogP contribution in [0.3, 0.4) is 0 Å². The second-order valence-electron chi connectivity index (χ2n) is 15.3. The van der Waals surface area contributed by atoms with Crippen molar-refractivity contribution in [1.82, 2.24) is 4.90 Å². The zero-order valence-electron chi connectivity index (χ0n) is 31.5. The van der Waals surface area contributed by atoms with E-state index in [2.05, 4.69) is 13.8 Å². The Kier molecular flexibility index (Phi) is 8.92. The van der Waals surface area contributed by atoms with Crippen molar-refractivity contribution in [3.63, 3.8) is 0 Å². The summed E-state index contributed by atoms with van der Waals surface area (Å²) < 4.78 is 0. The first kappa shape index (κ1) is 34.9. The molecule has 9 rings (SSSR count). The molecule has 6 heteroatoms. The van der Waals surface area contributed by atoms with Gasteiger partial charge in [-0.15, -0.1) is 0 Å². The molecule has 0 radical (unpaired) electrons. The summed E-state index contributed by atoms with van der Waals surface area (Å²) in [5.74, 6) is -1.14. The molecule has 0 fully saturated rings. The number of carbonyl (C=O) groups is 4. The molecule has 0 atom stereocenters. The number of fused-ring (bicyclic) bond motifs is 2. The molecule has 2 aliphatic rings. The number of carbonyl (C=O) groups excluding carboxylic acids is 4. The fourth-order valence-electron chi connectivity index (χ4n) is 9.30. The van der Waals surface area contributed by atoms with Crippen LogP contribution in [0.4, 0.5) is 5.69 Å². The molecule has 6 nitrogen and oxygen atoms in total. The predicted molar refractivity (Wildman–Crippen MR) is 222 cm³/mol. The fraction of sp³-hybridized carbons (Fsp3) is 0.265. The molecule has 4 amide bonds. The number of hydrogen-bond acceptors (Lipinski definition) is 4. The summed E-state index contributed by atoms with van der Waals surface area (Å²) in [6.45, 7) is 4.39. The van der Waals surface area contributed by atoms with Crippen LogP contribution < -0.4 is 4.90 Å². The van der Waals surface area contributed by atoms with Gasteiger partial charge < -0.3 is 0 Å². The van der Waals surface area contributed by atoms with Crippen molar-refractivity contribution in [2.75, 3.05) is 4.90 Å². The topological polar surface area (TPSA) is 74.8 Å². The van der Waals surface area contributed by atoms with Gasteiger partial charge in [-0.05, 0) is 92.7 Å². The van der Waals surface area contributed by atoms with E-state index in [4.69, 9.17) is 0 Å². The van der Waals surface area contributed by atoms with Crippen molar-refractivity contribution in [1.29, 1.82) is 0 Å². The molecule has 274 valence electrons. The third kappa shape index (κ3) is 5.52. The molecular weight excluding hydrogens is 681 g/mol. The fourth-order valence-corrected chi connectivity index (χ4v) is 9.30. The summed E-state index contributed by atoms with van der Waals surface area (Å²) in [5.41, 5.74) is 4.65. The van der Waals surface area contributed by atoms with Crippen molar-refractivity contribution in [3.05, 3.63) is 125 Å². The average molecular weight is 725 g/mol. The Morgan fingerprint density at radius 1 is 0.418 bits per heavy atom. The molecule has 7 aromatic rings. The SMILES string of the molecule is CCCCCCC(CCCCCC)N1C(=O)c2ccc3c4ccc5c6c(ccc(c7ccc(c2c37)C1=O)c64)C(=O)N(c1ccc(-c2ccccc2)cc1)C5=O. The van der Waals surface area contributed by atoms with Crippen molar-refractivity contribution < 1.29 is 19.2 Å². The lowest BCUT2D eigenvalue weighted by Gasteiger charge is -2.35. The van der Waals surface area contributed by atoms with Gasteiger partial charge in [-0.25, -0.2) is 4.90 Å². The van der Waals surface area contributed by atoms with Gasteiger partial charge in [0.25, 0.3) is 23.6 Å². The molecule has 0 saturated carbocycles. The predicted octanol–water partition coefficient (Wildman–Crippen LogP) is 12.1. The van der Waals surface area contributed by atoms with E-state index in [0.717, 1.165) is 108 Å². The van der Waals surface area contributed by atoms with Crippen molar-refractivity contribution >= 4 is 72.4 Å². The van der Waals surface area contributed by atoms with Gasteiger partial charge in [-0.3, -0.25) is 24.1 Å². The molecule has 0 N–H and O–H groups in total. The molecule has 55 heavy (non-hydrogen) atoms. The number of amides is 4. The summed E-state index contributed by atoms with van der Waals surface area (Å²) in [4.78, 5) is 60.3. The lowest BCUT2D eigenvalue weighted by atomic mass is 9.82. The van der Waals surface area contributed by atoms with Crippen LogP contribution >= 0.6 is 0 Å². The maximum atomic E-state index is 14.5. The summed E-state index contributed by atoms with van der Waals surface area (Å²) in [7, 11) is 0. The van der Waals surface area contributed by atoms with Gasteiger partial charge in [-0.2, -0.15) is 0 Å². The Hall–Kier alpha value is -5.88. The Bertz CT molecular complexity index is 2530. The van der Waals surface area contributed by atoms with Crippen LogP contribution in [-0.2, 0) is 0 Å². The number of anilines is 1. The number of nitrogens with zero attached hydrogens (tertiary/aromatic N) is 2. The summed E-state index contributed by atoms with van der Waals surface area (Å²) in [5, 5.41) is 6.65. The normalized spacial score (nSPS) is 14.2. The minimum absolute atomic E-state index is 0.127. The second-order valence-corrected chi connectivity index (χ2v) is 15.3. The van der Waals surface area contributed by atoms with E-state index in [1.165, 1.54) is 4.90 Å². The van der Waals surface area contributed by atoms with Gasteiger partial charge in [0.1, 0.15) is 0 Å². The van der Waals surface area contributed by atoms with Crippen LogP contribution in [0.5, 0.6) is 0 Å². The van der Waals surface area contributed by atoms with Gasteiger partial charge in [0.15, 0.2) is 0 Å². The molecule has 0 bridgehead atoms. The molecule has 0 saturated heterocycles. The monoisotopic (exact) mass is 724 g/mol. The van der Waals surface area contributed by atoms with Crippen LogP contribution in [0.25, 0.3) is 54.2 Å². The Morgan fingerprint density at radius 3 is 1.27 bits per heavy atom. The third-order valence-corrected chi connectivity index (χ3v) is 12.0. The molecular formula is C49H44N2O4. The summed E-state index contributed by atoms with van der Waals surface area (Å²) in [6, 6.07) is 32.7. The minimum atomic E-state index is -0.361. The van der Waals surface area contributed by atoms with Crippen LogP contribution in [0.1, 0.15) is 119 Å². The molecule has 0 aromatic heterocycles. The van der Waals surface area contributed by atoms with Crippen LogP contribution in [0.2, 0.25) is 0 Å². The standard InChI is InChI=1S/C49H44N2O4/c1-3-5-7-12-16-32(17-13-8-6-4-2)50-46(52)38-26-22-34-36-24-28-40-45-41(29-25-37(43(36)45)35-23-27-39(47(50)53)44(38)42(34)35)49(55)51(48(40)54)33-20-18-31(19-21-33)30-14-10-9-11-15-30/h9-11,14-15,18-29,32H,3-8,12-13,16-17H2,1-2H3. The Labute approximate surface area is 321 Å². The first-order valence-corrected chi connectivity index (χ1v) is 20.0. The average Bonchev–Trinajstić information content (AvgIpc) is 3.22. The highest BCUT2D eigenvalue weighted by molar-refractivity contribution is 6.43. The lowest BCUT2D eigenvalue weighted by Crippen LogP contribution is -2.47. The zero-order chi connectivity index (χ0) is 37.8. The molecule has 0 spiro atoms. The van der Waals surface area contributed by atoms with Crippen LogP contribution in [0.15, 0.2) is 103 Å². The number of rotatable bonds is 13. The summed E-state index contributed by atoms with van der Waals surface area (Å²) >= 11 is 0. The first-order chi connectivity index (χ1) is 26.9. The van der Waals surface area contributed by atoms with E-state index in [1.54, 1.807) is 4.90 Å². The van der Waals surface area contributed by atoms with Crippen LogP contribution in [-0.4, -0.2) is 34.6 Å². The summed E-state index contributed by atoms with van der Waals surface area (Å²) in [6.07, 6.45) is 10.4. The zero-order valence-corrected chi connectivity index (χ0v) is 31.5. The second kappa shape index (κ2) is 14.1. The maximum Gasteiger partial charge on any atom is 0.265 e. The lowest BCUT2D eigenvalue weighted by molar-refractivity contribution is 0.0516. The molecule has 2 heterocycles. The van der Waals surface area contributed by atoms with E-state index in [9.17, 15) is 19.2 Å². The van der Waals surface area contributed by atoms with E-state index in [-0.39, 0.29) is 29.7 Å². The van der Waals surface area contributed by atoms with E-state index in [1.807, 2.05) is 103 Å². The molecule has 0 aliphatic carbocycles. The van der Waals surface area contributed by atoms with Gasteiger partial charge in [-0.1, -0.05) is 132 Å². The molecule has 0 unspecified atom stereocenters. The number of benzene rings is 7. The minimum Gasteiger partial charge on any atom is -0.271 e. The van der Waals surface area contributed by atoms with Crippen LogP contribution in [0, 0.1) is 0 Å². The largest absolute Gasteiger partial charge is 0.271 e. The van der Waals surface area contributed by atoms with Gasteiger partial charge in [0.2, 0.25) is 0 Å². The maximum absolute atomic E-state index is 14.5. The molecule has 2 aliphatic heterocycles. The smallest absolute Gasteiger partial charge is 0.265 e. The van der Waals surface area contributed by atoms with E-state index >= 15 is 0 Å². The highest BCUT2D eigenvalue weighted by Crippen LogP contribution is 2.47. The first-order valence-electron chi connectivity index (χ1n) is 20.0. The third-order valence-electron chi connectivity index (χ3n) is 12.0. The number of unbranched alkanes of at least 4 members (excludes halogenated alkanes) is 6. The van der Waals surface area contributed by atoms with Crippen molar-refractivity contribution in [3.8, 4) is 11.1 Å². The quantitative estimate of drug-likeness (QED) is 0.0513. The van der Waals surface area contributed by atoms with Gasteiger partial charge in [0, 0.05) is 39.1 Å². The Balaban J connectivity index is 1.13. The Morgan fingerprint density at radius 2 is 0.836 bits per heavy atom. The highest BCUT2D eigenvalue weighted by Gasteiger charge is 2.39. The number of imide groups is 2. The van der Waals surface area contributed by atoms with Gasteiger partial charge >= 0.3 is 0 Å². The highest BCUT2D eigenvalue weighted by atomic mass is 16.2. The van der Waals surface area contributed by atoms with E-state index in [0.29, 0.717) is 38.7 Å². The van der Waals surface area contributed by atoms with Crippen molar-refractivity contribution in [2.45, 2.75) is 84.1 Å². The number of hydrogen-bond donors (Lipinski definition) is 0.